The van der Waals surface area contributed by atoms with E-state index in [1.165, 1.54) is 17.7 Å². The van der Waals surface area contributed by atoms with E-state index in [0.29, 0.717) is 17.9 Å². The highest BCUT2D eigenvalue weighted by Gasteiger charge is 2.27. The number of anilines is 1. The van der Waals surface area contributed by atoms with Gasteiger partial charge in [-0.15, -0.1) is 0 Å². The van der Waals surface area contributed by atoms with Crippen molar-refractivity contribution in [1.29, 1.82) is 0 Å². The van der Waals surface area contributed by atoms with Crippen molar-refractivity contribution in [3.8, 4) is 22.8 Å². The van der Waals surface area contributed by atoms with Crippen LogP contribution in [0.4, 0.5) is 5.82 Å². The maximum atomic E-state index is 10.3. The fourth-order valence-electron chi connectivity index (χ4n) is 4.13. The largest absolute Gasteiger partial charge is 0.507 e. The number of benzene rings is 1. The maximum absolute atomic E-state index is 10.3. The SMILES string of the molecule is Oc1cc(O)c(-c2onc3c2CN(Cc2ccnc(N4CCOCC4)c2)CC3)cc1Cl. The van der Waals surface area contributed by atoms with E-state index in [2.05, 4.69) is 26.0 Å². The molecule has 1 aromatic carbocycles. The number of phenols is 2. The molecule has 2 aliphatic heterocycles. The molecule has 9 heteroatoms. The van der Waals surface area contributed by atoms with Crippen LogP contribution in [-0.2, 0) is 24.2 Å². The molecule has 8 nitrogen and oxygen atoms in total. The summed E-state index contributed by atoms with van der Waals surface area (Å²) in [4.78, 5) is 9.10. The monoisotopic (exact) mass is 442 g/mol. The first-order chi connectivity index (χ1) is 15.1. The lowest BCUT2D eigenvalue weighted by Gasteiger charge is -2.29. The van der Waals surface area contributed by atoms with Crippen molar-refractivity contribution in [3.05, 3.63) is 52.3 Å². The van der Waals surface area contributed by atoms with E-state index in [-0.39, 0.29) is 16.5 Å². The summed E-state index contributed by atoms with van der Waals surface area (Å²) in [6.07, 6.45) is 2.61. The van der Waals surface area contributed by atoms with Gasteiger partial charge in [0.2, 0.25) is 0 Å². The van der Waals surface area contributed by atoms with Gasteiger partial charge in [0.15, 0.2) is 5.76 Å². The average molecular weight is 443 g/mol. The second-order valence-corrected chi connectivity index (χ2v) is 8.25. The van der Waals surface area contributed by atoms with Crippen LogP contribution in [0.2, 0.25) is 5.02 Å². The molecule has 0 bridgehead atoms. The van der Waals surface area contributed by atoms with E-state index in [1.54, 1.807) is 0 Å². The highest BCUT2D eigenvalue weighted by Crippen LogP contribution is 2.40. The Labute approximate surface area is 184 Å². The Morgan fingerprint density at radius 2 is 1.90 bits per heavy atom. The number of pyridine rings is 1. The number of phenolic OH excluding ortho intramolecular Hbond substituents is 2. The number of aromatic nitrogens is 2. The van der Waals surface area contributed by atoms with Crippen LogP contribution < -0.4 is 4.90 Å². The summed E-state index contributed by atoms with van der Waals surface area (Å²) < 4.78 is 11.0. The van der Waals surface area contributed by atoms with Gasteiger partial charge in [0.05, 0.1) is 29.5 Å². The molecule has 3 aromatic rings. The second kappa shape index (κ2) is 8.37. The lowest BCUT2D eigenvalue weighted by molar-refractivity contribution is 0.122. The van der Waals surface area contributed by atoms with Crippen LogP contribution in [-0.4, -0.2) is 58.1 Å². The van der Waals surface area contributed by atoms with Crippen LogP contribution >= 0.6 is 11.6 Å². The molecule has 2 aliphatic rings. The summed E-state index contributed by atoms with van der Waals surface area (Å²) >= 11 is 6.05. The fraction of sp³-hybridized carbons (Fsp3) is 0.364. The van der Waals surface area contributed by atoms with Crippen molar-refractivity contribution in [2.24, 2.45) is 0 Å². The third kappa shape index (κ3) is 4.06. The first kappa shape index (κ1) is 20.1. The zero-order valence-electron chi connectivity index (χ0n) is 16.9. The van der Waals surface area contributed by atoms with Crippen LogP contribution in [0.5, 0.6) is 11.5 Å². The van der Waals surface area contributed by atoms with E-state index in [9.17, 15) is 10.2 Å². The van der Waals surface area contributed by atoms with Gasteiger partial charge in [-0.05, 0) is 23.8 Å². The maximum Gasteiger partial charge on any atom is 0.175 e. The topological polar surface area (TPSA) is 95.1 Å². The highest BCUT2D eigenvalue weighted by atomic mass is 35.5. The molecule has 31 heavy (non-hydrogen) atoms. The third-order valence-corrected chi connectivity index (χ3v) is 6.08. The lowest BCUT2D eigenvalue weighted by Crippen LogP contribution is -2.36. The minimum absolute atomic E-state index is 0.0951. The van der Waals surface area contributed by atoms with E-state index in [0.717, 1.165) is 62.9 Å². The molecule has 1 saturated heterocycles. The third-order valence-electron chi connectivity index (χ3n) is 5.78. The van der Waals surface area contributed by atoms with Crippen molar-refractivity contribution >= 4 is 17.4 Å². The number of fused-ring (bicyclic) bond motifs is 1. The minimum Gasteiger partial charge on any atom is -0.507 e. The number of aromatic hydroxyl groups is 2. The van der Waals surface area contributed by atoms with Gasteiger partial charge < -0.3 is 24.4 Å². The molecule has 2 aromatic heterocycles. The molecule has 0 amide bonds. The first-order valence-electron chi connectivity index (χ1n) is 10.3. The number of nitrogens with zero attached hydrogens (tertiary/aromatic N) is 4. The van der Waals surface area contributed by atoms with Gasteiger partial charge in [-0.1, -0.05) is 16.8 Å². The number of hydrogen-bond acceptors (Lipinski definition) is 8. The Hall–Kier alpha value is -2.81. The molecule has 0 spiro atoms. The number of halogens is 1. The standard InChI is InChI=1S/C22H23ClN4O4/c23-17-10-15(19(28)11-20(17)29)22-16-13-26(4-2-18(16)25-31-22)12-14-1-3-24-21(9-14)27-5-7-30-8-6-27/h1,3,9-11,28-29H,2,4-8,12-13H2. The highest BCUT2D eigenvalue weighted by molar-refractivity contribution is 6.32. The van der Waals surface area contributed by atoms with E-state index >= 15 is 0 Å². The zero-order chi connectivity index (χ0) is 21.4. The molecule has 2 N–H and O–H groups in total. The predicted octanol–water partition coefficient (Wildman–Crippen LogP) is 3.20. The Kier molecular flexibility index (Phi) is 5.43. The van der Waals surface area contributed by atoms with Crippen molar-refractivity contribution in [2.45, 2.75) is 19.5 Å². The molecular formula is C22H23ClN4O4. The fourth-order valence-corrected chi connectivity index (χ4v) is 4.29. The van der Waals surface area contributed by atoms with Crippen LogP contribution in [0.1, 0.15) is 16.8 Å². The van der Waals surface area contributed by atoms with E-state index in [4.69, 9.17) is 20.9 Å². The Morgan fingerprint density at radius 1 is 1.06 bits per heavy atom. The van der Waals surface area contributed by atoms with Crippen LogP contribution in [0, 0.1) is 0 Å². The van der Waals surface area contributed by atoms with Crippen LogP contribution in [0.25, 0.3) is 11.3 Å². The Balaban J connectivity index is 1.36. The predicted molar refractivity (Wildman–Crippen MR) is 115 cm³/mol. The van der Waals surface area contributed by atoms with E-state index < -0.39 is 0 Å². The molecule has 0 unspecified atom stereocenters. The van der Waals surface area contributed by atoms with Gasteiger partial charge in [-0.3, -0.25) is 4.90 Å². The normalized spacial score (nSPS) is 17.0. The smallest absolute Gasteiger partial charge is 0.175 e. The Morgan fingerprint density at radius 3 is 2.74 bits per heavy atom. The van der Waals surface area contributed by atoms with Crippen molar-refractivity contribution < 1.29 is 19.5 Å². The van der Waals surface area contributed by atoms with Gasteiger partial charge in [-0.2, -0.15) is 0 Å². The number of ether oxygens (including phenoxy) is 1. The van der Waals surface area contributed by atoms with Crippen molar-refractivity contribution in [3.63, 3.8) is 0 Å². The molecular weight excluding hydrogens is 420 g/mol. The van der Waals surface area contributed by atoms with Gasteiger partial charge in [0.25, 0.3) is 0 Å². The molecule has 4 heterocycles. The Bertz CT molecular complexity index is 1100. The summed E-state index contributed by atoms with van der Waals surface area (Å²) in [5.41, 5.74) is 3.44. The first-order valence-corrected chi connectivity index (χ1v) is 10.7. The quantitative estimate of drug-likeness (QED) is 0.636. The molecule has 162 valence electrons. The van der Waals surface area contributed by atoms with Crippen molar-refractivity contribution in [1.82, 2.24) is 15.0 Å². The summed E-state index contributed by atoms with van der Waals surface area (Å²) in [7, 11) is 0. The molecule has 0 radical (unpaired) electrons. The van der Waals surface area contributed by atoms with Crippen LogP contribution in [0.3, 0.4) is 0 Å². The van der Waals surface area contributed by atoms with Crippen LogP contribution in [0.15, 0.2) is 35.0 Å². The summed E-state index contributed by atoms with van der Waals surface area (Å²) in [5, 5.41) is 24.4. The zero-order valence-corrected chi connectivity index (χ0v) is 17.7. The summed E-state index contributed by atoms with van der Waals surface area (Å²) in [5.74, 6) is 1.20. The summed E-state index contributed by atoms with van der Waals surface area (Å²) in [6, 6.07) is 6.90. The summed E-state index contributed by atoms with van der Waals surface area (Å²) in [6.45, 7) is 5.43. The molecule has 0 atom stereocenters. The number of hydrogen-bond donors (Lipinski definition) is 2. The van der Waals surface area contributed by atoms with Crippen molar-refractivity contribution in [2.75, 3.05) is 37.7 Å². The van der Waals surface area contributed by atoms with Gasteiger partial charge in [-0.25, -0.2) is 4.98 Å². The van der Waals surface area contributed by atoms with Gasteiger partial charge >= 0.3 is 0 Å². The number of rotatable bonds is 4. The average Bonchev–Trinajstić information content (AvgIpc) is 3.20. The second-order valence-electron chi connectivity index (χ2n) is 7.84. The van der Waals surface area contributed by atoms with Gasteiger partial charge in [0.1, 0.15) is 17.3 Å². The molecule has 5 rings (SSSR count). The minimum atomic E-state index is -0.174. The lowest BCUT2D eigenvalue weighted by atomic mass is 10.0. The van der Waals surface area contributed by atoms with Gasteiger partial charge in [0, 0.05) is 57.0 Å². The molecule has 0 saturated carbocycles. The number of morpholine rings is 1. The molecule has 1 fully saturated rings. The van der Waals surface area contributed by atoms with E-state index in [1.807, 2.05) is 12.3 Å². The molecule has 0 aliphatic carbocycles.